The molecule has 2 aromatic heterocycles. The molecule has 5 nitrogen and oxygen atoms in total. The summed E-state index contributed by atoms with van der Waals surface area (Å²) < 4.78 is 18.7. The van der Waals surface area contributed by atoms with Crippen molar-refractivity contribution in [2.24, 2.45) is 5.92 Å². The molecule has 1 fully saturated rings. The Labute approximate surface area is 176 Å². The highest BCUT2D eigenvalue weighted by molar-refractivity contribution is 5.87. The standard InChI is InChI=1S/C24H28FN3O2/c1-16(25)3-4-18-7-9-28(10-8-18)24(29)13-22-12-21-11-19(5-6-20(21)14-27-22)23-15-26-17(2)30-23/h5-6,11-12,14-16,18H,3-4,7-10,13H2,1-2H3. The molecule has 30 heavy (non-hydrogen) atoms. The van der Waals surface area contributed by atoms with Crippen molar-refractivity contribution >= 4 is 16.7 Å². The molecule has 6 heteroatoms. The molecule has 158 valence electrons. The number of pyridine rings is 1. The molecule has 0 N–H and O–H groups in total. The molecular weight excluding hydrogens is 381 g/mol. The SMILES string of the molecule is Cc1ncc(-c2ccc3cnc(CC(=O)N4CCC(CCC(C)F)CC4)cc3c2)o1. The Morgan fingerprint density at radius 2 is 2.00 bits per heavy atom. The van der Waals surface area contributed by atoms with E-state index >= 15 is 0 Å². The molecule has 0 radical (unpaired) electrons. The first-order chi connectivity index (χ1) is 14.5. The van der Waals surface area contributed by atoms with Crippen molar-refractivity contribution in [3.8, 4) is 11.3 Å². The fourth-order valence-electron chi connectivity index (χ4n) is 4.13. The van der Waals surface area contributed by atoms with Crippen LogP contribution in [0, 0.1) is 12.8 Å². The van der Waals surface area contributed by atoms with E-state index in [0.29, 0.717) is 24.7 Å². The minimum absolute atomic E-state index is 0.112. The normalized spacial score (nSPS) is 16.2. The van der Waals surface area contributed by atoms with Crippen LogP contribution in [0.3, 0.4) is 0 Å². The number of rotatable bonds is 6. The fraction of sp³-hybridized carbons (Fsp3) is 0.458. The second kappa shape index (κ2) is 8.94. The lowest BCUT2D eigenvalue weighted by atomic mass is 9.91. The molecule has 0 aliphatic carbocycles. The number of carbonyl (C=O) groups excluding carboxylic acids is 1. The van der Waals surface area contributed by atoms with Gasteiger partial charge in [0.25, 0.3) is 0 Å². The van der Waals surface area contributed by atoms with Crippen molar-refractivity contribution in [1.29, 1.82) is 0 Å². The number of hydrogen-bond donors (Lipinski definition) is 0. The van der Waals surface area contributed by atoms with Gasteiger partial charge in [-0.1, -0.05) is 12.1 Å². The molecule has 0 spiro atoms. The van der Waals surface area contributed by atoms with Gasteiger partial charge in [-0.25, -0.2) is 9.37 Å². The smallest absolute Gasteiger partial charge is 0.228 e. The van der Waals surface area contributed by atoms with E-state index in [1.807, 2.05) is 42.3 Å². The van der Waals surface area contributed by atoms with Crippen LogP contribution in [0.4, 0.5) is 4.39 Å². The Kier molecular flexibility index (Phi) is 6.11. The lowest BCUT2D eigenvalue weighted by Crippen LogP contribution is -2.39. The van der Waals surface area contributed by atoms with Gasteiger partial charge in [0, 0.05) is 37.2 Å². The lowest BCUT2D eigenvalue weighted by molar-refractivity contribution is -0.131. The summed E-state index contributed by atoms with van der Waals surface area (Å²) in [6, 6.07) is 8.02. The van der Waals surface area contributed by atoms with E-state index in [9.17, 15) is 9.18 Å². The first-order valence-corrected chi connectivity index (χ1v) is 10.7. The number of hydrogen-bond acceptors (Lipinski definition) is 4. The summed E-state index contributed by atoms with van der Waals surface area (Å²) >= 11 is 0. The molecular formula is C24H28FN3O2. The van der Waals surface area contributed by atoms with Crippen molar-refractivity contribution in [3.05, 3.63) is 48.2 Å². The Bertz CT molecular complexity index is 1020. The van der Waals surface area contributed by atoms with E-state index in [0.717, 1.165) is 60.1 Å². The van der Waals surface area contributed by atoms with Gasteiger partial charge in [0.1, 0.15) is 0 Å². The van der Waals surface area contributed by atoms with Crippen molar-refractivity contribution in [2.75, 3.05) is 13.1 Å². The van der Waals surface area contributed by atoms with Crippen LogP contribution in [0.5, 0.6) is 0 Å². The molecule has 4 rings (SSSR count). The fourth-order valence-corrected chi connectivity index (χ4v) is 4.13. The zero-order chi connectivity index (χ0) is 21.1. The van der Waals surface area contributed by atoms with E-state index in [-0.39, 0.29) is 5.91 Å². The molecule has 3 aromatic rings. The van der Waals surface area contributed by atoms with Crippen LogP contribution in [0.2, 0.25) is 0 Å². The Balaban J connectivity index is 1.40. The zero-order valence-electron chi connectivity index (χ0n) is 17.6. The van der Waals surface area contributed by atoms with Gasteiger partial charge in [-0.2, -0.15) is 0 Å². The van der Waals surface area contributed by atoms with E-state index in [2.05, 4.69) is 9.97 Å². The first kappa shape index (κ1) is 20.5. The number of oxazole rings is 1. The number of benzene rings is 1. The third-order valence-electron chi connectivity index (χ3n) is 5.96. The van der Waals surface area contributed by atoms with Gasteiger partial charge >= 0.3 is 0 Å². The van der Waals surface area contributed by atoms with Crippen LogP contribution >= 0.6 is 0 Å². The molecule has 1 aliphatic rings. The highest BCUT2D eigenvalue weighted by atomic mass is 19.1. The number of alkyl halides is 1. The van der Waals surface area contributed by atoms with Crippen LogP contribution in [0.15, 0.2) is 41.1 Å². The monoisotopic (exact) mass is 409 g/mol. The molecule has 1 saturated heterocycles. The van der Waals surface area contributed by atoms with Crippen LogP contribution in [0.25, 0.3) is 22.1 Å². The highest BCUT2D eigenvalue weighted by Gasteiger charge is 2.23. The Hall–Kier alpha value is -2.76. The maximum atomic E-state index is 13.1. The number of aromatic nitrogens is 2. The van der Waals surface area contributed by atoms with E-state index in [1.54, 1.807) is 13.1 Å². The molecule has 1 amide bonds. The van der Waals surface area contributed by atoms with Gasteiger partial charge in [0.05, 0.1) is 24.5 Å². The van der Waals surface area contributed by atoms with Gasteiger partial charge in [-0.15, -0.1) is 0 Å². The van der Waals surface area contributed by atoms with Gasteiger partial charge in [0.2, 0.25) is 5.91 Å². The van der Waals surface area contributed by atoms with E-state index in [4.69, 9.17) is 4.42 Å². The minimum atomic E-state index is -0.739. The third-order valence-corrected chi connectivity index (χ3v) is 5.96. The number of aryl methyl sites for hydroxylation is 1. The largest absolute Gasteiger partial charge is 0.441 e. The molecule has 0 saturated carbocycles. The predicted molar refractivity (Wildman–Crippen MR) is 115 cm³/mol. The summed E-state index contributed by atoms with van der Waals surface area (Å²) in [7, 11) is 0. The van der Waals surface area contributed by atoms with Crippen LogP contribution in [-0.2, 0) is 11.2 Å². The van der Waals surface area contributed by atoms with Crippen LogP contribution in [-0.4, -0.2) is 40.0 Å². The quantitative estimate of drug-likeness (QED) is 0.567. The van der Waals surface area contributed by atoms with Gasteiger partial charge in [-0.05, 0) is 56.0 Å². The molecule has 1 aliphatic heterocycles. The topological polar surface area (TPSA) is 59.2 Å². The minimum Gasteiger partial charge on any atom is -0.441 e. The van der Waals surface area contributed by atoms with Gasteiger partial charge in [0.15, 0.2) is 11.7 Å². The summed E-state index contributed by atoms with van der Waals surface area (Å²) in [5, 5.41) is 2.05. The zero-order valence-corrected chi connectivity index (χ0v) is 17.6. The maximum Gasteiger partial charge on any atom is 0.228 e. The van der Waals surface area contributed by atoms with Crippen LogP contribution < -0.4 is 0 Å². The summed E-state index contributed by atoms with van der Waals surface area (Å²) in [6.07, 6.45) is 6.56. The molecule has 3 heterocycles. The van der Waals surface area contributed by atoms with E-state index < -0.39 is 6.17 Å². The molecule has 1 atom stereocenters. The average molecular weight is 410 g/mol. The maximum absolute atomic E-state index is 13.1. The van der Waals surface area contributed by atoms with Crippen LogP contribution in [0.1, 0.15) is 44.2 Å². The molecule has 1 unspecified atom stereocenters. The number of nitrogens with zero attached hydrogens (tertiary/aromatic N) is 3. The van der Waals surface area contributed by atoms with E-state index in [1.165, 1.54) is 0 Å². The molecule has 1 aromatic carbocycles. The van der Waals surface area contributed by atoms with Crippen molar-refractivity contribution in [3.63, 3.8) is 0 Å². The van der Waals surface area contributed by atoms with Gasteiger partial charge in [-0.3, -0.25) is 9.78 Å². The third kappa shape index (κ3) is 4.86. The van der Waals surface area contributed by atoms with Crippen molar-refractivity contribution < 1.29 is 13.6 Å². The number of likely N-dealkylation sites (tertiary alicyclic amines) is 1. The van der Waals surface area contributed by atoms with Crippen molar-refractivity contribution in [1.82, 2.24) is 14.9 Å². The van der Waals surface area contributed by atoms with Crippen molar-refractivity contribution in [2.45, 2.75) is 52.1 Å². The number of amides is 1. The number of halogens is 1. The first-order valence-electron chi connectivity index (χ1n) is 10.7. The summed E-state index contributed by atoms with van der Waals surface area (Å²) in [5.74, 6) is 2.01. The lowest BCUT2D eigenvalue weighted by Gasteiger charge is -2.32. The summed E-state index contributed by atoms with van der Waals surface area (Å²) in [4.78, 5) is 23.3. The predicted octanol–water partition coefficient (Wildman–Crippen LogP) is 5.12. The number of carbonyl (C=O) groups is 1. The van der Waals surface area contributed by atoms with Gasteiger partial charge < -0.3 is 9.32 Å². The molecule has 0 bridgehead atoms. The Morgan fingerprint density at radius 1 is 1.20 bits per heavy atom. The second-order valence-electron chi connectivity index (χ2n) is 8.34. The summed E-state index contributed by atoms with van der Waals surface area (Å²) in [6.45, 7) is 4.95. The summed E-state index contributed by atoms with van der Waals surface area (Å²) in [5.41, 5.74) is 1.73. The second-order valence-corrected chi connectivity index (χ2v) is 8.34. The highest BCUT2D eigenvalue weighted by Crippen LogP contribution is 2.26. The Morgan fingerprint density at radius 3 is 2.70 bits per heavy atom. The number of fused-ring (bicyclic) bond motifs is 1. The number of piperidine rings is 1. The average Bonchev–Trinajstić information content (AvgIpc) is 3.18.